The number of aliphatic imine (C=N–C) groups is 1. The minimum absolute atomic E-state index is 0.0239. The predicted molar refractivity (Wildman–Crippen MR) is 124 cm³/mol. The van der Waals surface area contributed by atoms with Gasteiger partial charge in [-0.1, -0.05) is 29.4 Å². The lowest BCUT2D eigenvalue weighted by Gasteiger charge is -2.21. The molecule has 0 fully saturated rings. The van der Waals surface area contributed by atoms with Gasteiger partial charge in [-0.3, -0.25) is 14.5 Å². The van der Waals surface area contributed by atoms with Crippen LogP contribution in [-0.4, -0.2) is 35.5 Å². The maximum atomic E-state index is 13.1. The number of amidine groups is 1. The van der Waals surface area contributed by atoms with Crippen LogP contribution in [0.3, 0.4) is 0 Å². The molecule has 0 saturated carbocycles. The third-order valence-electron chi connectivity index (χ3n) is 3.78. The summed E-state index contributed by atoms with van der Waals surface area (Å²) in [6.45, 7) is 5.42. The van der Waals surface area contributed by atoms with E-state index >= 15 is 0 Å². The molecule has 1 aromatic carbocycles. The Balaban J connectivity index is 1.90. The van der Waals surface area contributed by atoms with Crippen molar-refractivity contribution in [3.63, 3.8) is 0 Å². The minimum atomic E-state index is -0.585. The number of nitrogens with zero attached hydrogens (tertiary/aromatic N) is 2. The van der Waals surface area contributed by atoms with Crippen molar-refractivity contribution in [1.82, 2.24) is 0 Å². The van der Waals surface area contributed by atoms with Crippen molar-refractivity contribution in [2.45, 2.75) is 26.4 Å². The number of benzene rings is 1. The number of rotatable bonds is 5. The largest absolute Gasteiger partial charge is 0.495 e. The summed E-state index contributed by atoms with van der Waals surface area (Å²) in [6.07, 6.45) is 1.73. The SMILES string of the molecule is COc1ccc(N2C(=O)/C(=C\c3cccs3)N=C2SCC(=O)OC(C)(C)C)cc1Cl. The van der Waals surface area contributed by atoms with Crippen molar-refractivity contribution in [2.24, 2.45) is 4.99 Å². The number of halogens is 1. The van der Waals surface area contributed by atoms with Gasteiger partial charge in [0.2, 0.25) is 0 Å². The van der Waals surface area contributed by atoms with Gasteiger partial charge in [0.25, 0.3) is 5.91 Å². The highest BCUT2D eigenvalue weighted by molar-refractivity contribution is 8.14. The topological polar surface area (TPSA) is 68.2 Å². The van der Waals surface area contributed by atoms with Crippen molar-refractivity contribution < 1.29 is 19.1 Å². The Kier molecular flexibility index (Phi) is 6.90. The fraction of sp³-hybridized carbons (Fsp3) is 0.286. The maximum Gasteiger partial charge on any atom is 0.316 e. The highest BCUT2D eigenvalue weighted by atomic mass is 35.5. The normalized spacial score (nSPS) is 15.5. The molecule has 2 aromatic rings. The van der Waals surface area contributed by atoms with E-state index < -0.39 is 5.60 Å². The van der Waals surface area contributed by atoms with Crippen LogP contribution in [0.1, 0.15) is 25.6 Å². The number of anilines is 1. The highest BCUT2D eigenvalue weighted by Gasteiger charge is 2.33. The maximum absolute atomic E-state index is 13.1. The minimum Gasteiger partial charge on any atom is -0.495 e. The zero-order chi connectivity index (χ0) is 21.9. The van der Waals surface area contributed by atoms with Gasteiger partial charge in [-0.2, -0.15) is 0 Å². The number of methoxy groups -OCH3 is 1. The number of esters is 1. The molecule has 0 radical (unpaired) electrons. The average molecular weight is 465 g/mol. The van der Waals surface area contributed by atoms with E-state index in [0.29, 0.717) is 21.6 Å². The summed E-state index contributed by atoms with van der Waals surface area (Å²) in [5, 5.41) is 2.68. The summed E-state index contributed by atoms with van der Waals surface area (Å²) in [7, 11) is 1.52. The van der Waals surface area contributed by atoms with Gasteiger partial charge in [0.1, 0.15) is 17.0 Å². The van der Waals surface area contributed by atoms with Crippen molar-refractivity contribution >= 4 is 63.5 Å². The highest BCUT2D eigenvalue weighted by Crippen LogP contribution is 2.34. The monoisotopic (exact) mass is 464 g/mol. The number of thiophene rings is 1. The summed E-state index contributed by atoms with van der Waals surface area (Å²) in [4.78, 5) is 32.1. The van der Waals surface area contributed by atoms with Gasteiger partial charge in [0, 0.05) is 4.88 Å². The van der Waals surface area contributed by atoms with Crippen LogP contribution in [0.25, 0.3) is 6.08 Å². The van der Waals surface area contributed by atoms with Gasteiger partial charge in [-0.05, 0) is 56.5 Å². The fourth-order valence-corrected chi connectivity index (χ4v) is 4.31. The number of ether oxygens (including phenoxy) is 2. The van der Waals surface area contributed by atoms with Crippen molar-refractivity contribution in [2.75, 3.05) is 17.8 Å². The molecule has 1 amide bonds. The molecule has 158 valence electrons. The van der Waals surface area contributed by atoms with E-state index in [2.05, 4.69) is 4.99 Å². The molecule has 3 rings (SSSR count). The lowest BCUT2D eigenvalue weighted by atomic mass is 10.2. The van der Waals surface area contributed by atoms with Crippen LogP contribution in [0.4, 0.5) is 5.69 Å². The molecule has 0 unspecified atom stereocenters. The first-order valence-electron chi connectivity index (χ1n) is 9.04. The zero-order valence-corrected chi connectivity index (χ0v) is 19.4. The van der Waals surface area contributed by atoms with Crippen LogP contribution in [-0.2, 0) is 14.3 Å². The fourth-order valence-electron chi connectivity index (χ4n) is 2.62. The number of carbonyl (C=O) groups is 2. The summed E-state index contributed by atoms with van der Waals surface area (Å²) >= 11 is 8.91. The van der Waals surface area contributed by atoms with E-state index in [0.717, 1.165) is 16.6 Å². The lowest BCUT2D eigenvalue weighted by Crippen LogP contribution is -2.31. The molecule has 9 heteroatoms. The Labute approximate surface area is 188 Å². The Hall–Kier alpha value is -2.29. The molecule has 0 N–H and O–H groups in total. The van der Waals surface area contributed by atoms with Crippen molar-refractivity contribution in [3.05, 3.63) is 51.3 Å². The Morgan fingerprint density at radius 2 is 2.10 bits per heavy atom. The zero-order valence-electron chi connectivity index (χ0n) is 17.0. The van der Waals surface area contributed by atoms with Gasteiger partial charge in [-0.15, -0.1) is 11.3 Å². The number of hydrogen-bond acceptors (Lipinski definition) is 7. The molecular weight excluding hydrogens is 444 g/mol. The number of hydrogen-bond donors (Lipinski definition) is 0. The van der Waals surface area contributed by atoms with Crippen molar-refractivity contribution in [1.29, 1.82) is 0 Å². The molecular formula is C21H21ClN2O4S2. The van der Waals surface area contributed by atoms with E-state index in [-0.39, 0.29) is 23.3 Å². The van der Waals surface area contributed by atoms with Gasteiger partial charge in [0.15, 0.2) is 5.17 Å². The second kappa shape index (κ2) is 9.24. The standard InChI is InChI=1S/C21H21ClN2O4S2/c1-21(2,3)28-18(25)12-30-20-23-16(11-14-6-5-9-29-14)19(26)24(20)13-7-8-17(27-4)15(22)10-13/h5-11H,12H2,1-4H3/b16-11+. The molecule has 0 atom stereocenters. The molecule has 30 heavy (non-hydrogen) atoms. The summed E-state index contributed by atoms with van der Waals surface area (Å²) in [5.74, 6) is -0.153. The summed E-state index contributed by atoms with van der Waals surface area (Å²) in [5.41, 5.74) is 0.241. The number of thioether (sulfide) groups is 1. The molecule has 6 nitrogen and oxygen atoms in total. The third kappa shape index (κ3) is 5.44. The van der Waals surface area contributed by atoms with Crippen LogP contribution in [0.2, 0.25) is 5.02 Å². The second-order valence-corrected chi connectivity index (χ2v) is 9.60. The molecule has 1 aliphatic rings. The number of amides is 1. The smallest absolute Gasteiger partial charge is 0.316 e. The molecule has 0 saturated heterocycles. The molecule has 0 aliphatic carbocycles. The Bertz CT molecular complexity index is 1010. The predicted octanol–water partition coefficient (Wildman–Crippen LogP) is 5.23. The molecule has 1 aliphatic heterocycles. The van der Waals surface area contributed by atoms with E-state index in [4.69, 9.17) is 21.1 Å². The molecule has 0 bridgehead atoms. The van der Waals surface area contributed by atoms with E-state index in [9.17, 15) is 9.59 Å². The molecule has 1 aromatic heterocycles. The average Bonchev–Trinajstić information content (AvgIpc) is 3.27. The summed E-state index contributed by atoms with van der Waals surface area (Å²) in [6, 6.07) is 8.85. The van der Waals surface area contributed by atoms with E-state index in [1.807, 2.05) is 17.5 Å². The quantitative estimate of drug-likeness (QED) is 0.447. The van der Waals surface area contributed by atoms with Crippen molar-refractivity contribution in [3.8, 4) is 5.75 Å². The first-order valence-corrected chi connectivity index (χ1v) is 11.3. The van der Waals surface area contributed by atoms with Gasteiger partial charge in [-0.25, -0.2) is 4.99 Å². The van der Waals surface area contributed by atoms with E-state index in [1.54, 1.807) is 45.0 Å². The Morgan fingerprint density at radius 3 is 2.70 bits per heavy atom. The first kappa shape index (κ1) is 22.4. The van der Waals surface area contributed by atoms with E-state index in [1.165, 1.54) is 23.3 Å². The number of carbonyl (C=O) groups excluding carboxylic acids is 2. The second-order valence-electron chi connectivity index (χ2n) is 7.27. The Morgan fingerprint density at radius 1 is 1.33 bits per heavy atom. The lowest BCUT2D eigenvalue weighted by molar-refractivity contribution is -0.151. The molecule has 2 heterocycles. The summed E-state index contributed by atoms with van der Waals surface area (Å²) < 4.78 is 10.5. The third-order valence-corrected chi connectivity index (χ3v) is 5.81. The van der Waals surface area contributed by atoms with Gasteiger partial charge < -0.3 is 9.47 Å². The van der Waals surface area contributed by atoms with Crippen LogP contribution in [0.5, 0.6) is 5.75 Å². The van der Waals surface area contributed by atoms with Gasteiger partial charge >= 0.3 is 5.97 Å². The van der Waals surface area contributed by atoms with Gasteiger partial charge in [0.05, 0.1) is 23.6 Å². The van der Waals surface area contributed by atoms with Crippen LogP contribution in [0.15, 0.2) is 46.4 Å². The van der Waals surface area contributed by atoms with Crippen LogP contribution in [0, 0.1) is 0 Å². The first-order chi connectivity index (χ1) is 14.2. The van der Waals surface area contributed by atoms with Crippen LogP contribution >= 0.6 is 34.7 Å². The molecule has 0 spiro atoms. The van der Waals surface area contributed by atoms with Crippen LogP contribution < -0.4 is 9.64 Å².